The number of nitrogens with two attached hydrogens (primary N) is 1. The van der Waals surface area contributed by atoms with E-state index in [1.165, 1.54) is 16.7 Å². The summed E-state index contributed by atoms with van der Waals surface area (Å²) in [6.45, 7) is 6.23. The summed E-state index contributed by atoms with van der Waals surface area (Å²) in [6.07, 6.45) is 0. The van der Waals surface area contributed by atoms with E-state index in [2.05, 4.69) is 42.9 Å². The standard InChI is InChI=1S/C17H17N3/c1-10-4-6-13(7-5-10)19-17-15-9-12(3)11(2)8-14(15)16(18)20-17/h4-9H,1-3H3,(H2,18,19,20). The molecule has 0 radical (unpaired) electrons. The molecule has 2 aromatic rings. The molecular formula is C17H17N3. The first kappa shape index (κ1) is 12.6. The summed E-state index contributed by atoms with van der Waals surface area (Å²) in [5.41, 5.74) is 12.6. The molecule has 0 aliphatic carbocycles. The number of amidine groups is 2. The lowest BCUT2D eigenvalue weighted by molar-refractivity contribution is 1.32. The molecule has 2 N–H and O–H groups in total. The van der Waals surface area contributed by atoms with Crippen molar-refractivity contribution in [2.75, 3.05) is 0 Å². The van der Waals surface area contributed by atoms with Crippen molar-refractivity contribution in [1.29, 1.82) is 0 Å². The highest BCUT2D eigenvalue weighted by atomic mass is 15.0. The van der Waals surface area contributed by atoms with E-state index in [4.69, 9.17) is 5.73 Å². The maximum absolute atomic E-state index is 6.00. The van der Waals surface area contributed by atoms with Crippen molar-refractivity contribution in [3.8, 4) is 0 Å². The molecule has 3 nitrogen and oxygen atoms in total. The Hall–Kier alpha value is -2.42. The molecule has 20 heavy (non-hydrogen) atoms. The Bertz CT molecular complexity index is 738. The van der Waals surface area contributed by atoms with E-state index >= 15 is 0 Å². The average Bonchev–Trinajstić information content (AvgIpc) is 2.70. The van der Waals surface area contributed by atoms with Crippen LogP contribution in [0.3, 0.4) is 0 Å². The molecule has 0 aromatic heterocycles. The van der Waals surface area contributed by atoms with Gasteiger partial charge in [-0.15, -0.1) is 0 Å². The smallest absolute Gasteiger partial charge is 0.162 e. The molecule has 0 fully saturated rings. The summed E-state index contributed by atoms with van der Waals surface area (Å²) in [5, 5.41) is 0. The maximum Gasteiger partial charge on any atom is 0.162 e. The zero-order valence-corrected chi connectivity index (χ0v) is 11.9. The van der Waals surface area contributed by atoms with Gasteiger partial charge in [0, 0.05) is 11.1 Å². The number of benzene rings is 2. The molecule has 1 aliphatic rings. The van der Waals surface area contributed by atoms with Crippen LogP contribution in [0.25, 0.3) is 0 Å². The van der Waals surface area contributed by atoms with E-state index in [-0.39, 0.29) is 0 Å². The summed E-state index contributed by atoms with van der Waals surface area (Å²) in [4.78, 5) is 9.01. The van der Waals surface area contributed by atoms with Crippen LogP contribution in [0.5, 0.6) is 0 Å². The average molecular weight is 263 g/mol. The molecule has 1 heterocycles. The van der Waals surface area contributed by atoms with Crippen LogP contribution in [0.2, 0.25) is 0 Å². The van der Waals surface area contributed by atoms with Gasteiger partial charge >= 0.3 is 0 Å². The Kier molecular flexibility index (Phi) is 2.90. The van der Waals surface area contributed by atoms with E-state index in [0.717, 1.165) is 16.8 Å². The zero-order valence-electron chi connectivity index (χ0n) is 11.9. The van der Waals surface area contributed by atoms with Crippen molar-refractivity contribution in [3.05, 3.63) is 64.2 Å². The van der Waals surface area contributed by atoms with Gasteiger partial charge < -0.3 is 5.73 Å². The number of aliphatic imine (C=N–C) groups is 2. The van der Waals surface area contributed by atoms with Gasteiger partial charge in [0.15, 0.2) is 5.84 Å². The third-order valence-corrected chi connectivity index (χ3v) is 3.65. The molecule has 0 atom stereocenters. The molecule has 0 saturated carbocycles. The Morgan fingerprint density at radius 1 is 0.900 bits per heavy atom. The van der Waals surface area contributed by atoms with Gasteiger partial charge in [0.25, 0.3) is 0 Å². The number of nitrogens with zero attached hydrogens (tertiary/aromatic N) is 2. The van der Waals surface area contributed by atoms with Crippen molar-refractivity contribution in [2.24, 2.45) is 15.7 Å². The molecule has 3 rings (SSSR count). The van der Waals surface area contributed by atoms with Crippen LogP contribution in [0.4, 0.5) is 5.69 Å². The van der Waals surface area contributed by atoms with E-state index in [9.17, 15) is 0 Å². The second-order valence-corrected chi connectivity index (χ2v) is 5.25. The van der Waals surface area contributed by atoms with Crippen molar-refractivity contribution in [2.45, 2.75) is 20.8 Å². The molecule has 3 heteroatoms. The minimum atomic E-state index is 0.550. The second kappa shape index (κ2) is 4.60. The number of aryl methyl sites for hydroxylation is 3. The Labute approximate surface area is 118 Å². The van der Waals surface area contributed by atoms with Crippen molar-refractivity contribution in [1.82, 2.24) is 0 Å². The SMILES string of the molecule is Cc1ccc(N=C2N=C(N)c3cc(C)c(C)cc32)cc1. The fourth-order valence-corrected chi connectivity index (χ4v) is 2.27. The summed E-state index contributed by atoms with van der Waals surface area (Å²) < 4.78 is 0. The highest BCUT2D eigenvalue weighted by molar-refractivity contribution is 6.22. The van der Waals surface area contributed by atoms with Crippen molar-refractivity contribution < 1.29 is 0 Å². The van der Waals surface area contributed by atoms with E-state index in [1.807, 2.05) is 24.3 Å². The summed E-state index contributed by atoms with van der Waals surface area (Å²) >= 11 is 0. The molecule has 0 unspecified atom stereocenters. The van der Waals surface area contributed by atoms with Crippen LogP contribution in [-0.4, -0.2) is 11.7 Å². The monoisotopic (exact) mass is 263 g/mol. The fourth-order valence-electron chi connectivity index (χ4n) is 2.27. The van der Waals surface area contributed by atoms with Gasteiger partial charge in [-0.05, 0) is 56.2 Å². The third-order valence-electron chi connectivity index (χ3n) is 3.65. The van der Waals surface area contributed by atoms with Crippen molar-refractivity contribution >= 4 is 17.4 Å². The van der Waals surface area contributed by atoms with Gasteiger partial charge in [0.2, 0.25) is 0 Å². The van der Waals surface area contributed by atoms with Gasteiger partial charge in [0.1, 0.15) is 5.84 Å². The molecule has 0 spiro atoms. The molecule has 1 aliphatic heterocycles. The molecule has 0 amide bonds. The predicted molar refractivity (Wildman–Crippen MR) is 84.0 cm³/mol. The highest BCUT2D eigenvalue weighted by Gasteiger charge is 2.20. The third kappa shape index (κ3) is 2.11. The summed E-state index contributed by atoms with van der Waals surface area (Å²) in [6, 6.07) is 12.3. The topological polar surface area (TPSA) is 50.7 Å². The Morgan fingerprint density at radius 3 is 2.15 bits per heavy atom. The van der Waals surface area contributed by atoms with Crippen molar-refractivity contribution in [3.63, 3.8) is 0 Å². The fraction of sp³-hybridized carbons (Fsp3) is 0.176. The number of fused-ring (bicyclic) bond motifs is 1. The molecule has 2 aromatic carbocycles. The number of rotatable bonds is 1. The van der Waals surface area contributed by atoms with Crippen LogP contribution in [-0.2, 0) is 0 Å². The second-order valence-electron chi connectivity index (χ2n) is 5.25. The van der Waals surface area contributed by atoms with Gasteiger partial charge in [-0.3, -0.25) is 0 Å². The molecular weight excluding hydrogens is 246 g/mol. The first-order chi connectivity index (χ1) is 9.54. The minimum absolute atomic E-state index is 0.550. The quantitative estimate of drug-likeness (QED) is 0.842. The lowest BCUT2D eigenvalue weighted by Gasteiger charge is -2.05. The first-order valence-electron chi connectivity index (χ1n) is 6.66. The number of hydrogen-bond donors (Lipinski definition) is 1. The summed E-state index contributed by atoms with van der Waals surface area (Å²) in [5.74, 6) is 1.25. The first-order valence-corrected chi connectivity index (χ1v) is 6.66. The van der Waals surface area contributed by atoms with E-state index in [1.54, 1.807) is 0 Å². The van der Waals surface area contributed by atoms with E-state index < -0.39 is 0 Å². The van der Waals surface area contributed by atoms with Gasteiger partial charge in [0.05, 0.1) is 5.69 Å². The Morgan fingerprint density at radius 2 is 1.50 bits per heavy atom. The minimum Gasteiger partial charge on any atom is -0.383 e. The normalized spacial score (nSPS) is 15.3. The van der Waals surface area contributed by atoms with Crippen LogP contribution in [0.1, 0.15) is 27.8 Å². The lowest BCUT2D eigenvalue weighted by Crippen LogP contribution is -2.10. The lowest BCUT2D eigenvalue weighted by atomic mass is 10.0. The van der Waals surface area contributed by atoms with Gasteiger partial charge in [-0.25, -0.2) is 9.98 Å². The van der Waals surface area contributed by atoms with Crippen LogP contribution in [0.15, 0.2) is 46.4 Å². The largest absolute Gasteiger partial charge is 0.383 e. The Balaban J connectivity index is 2.10. The zero-order chi connectivity index (χ0) is 14.3. The predicted octanol–water partition coefficient (Wildman–Crippen LogP) is 3.41. The highest BCUT2D eigenvalue weighted by Crippen LogP contribution is 2.24. The summed E-state index contributed by atoms with van der Waals surface area (Å²) in [7, 11) is 0. The molecule has 0 bridgehead atoms. The van der Waals surface area contributed by atoms with Crippen LogP contribution in [0, 0.1) is 20.8 Å². The van der Waals surface area contributed by atoms with Crippen LogP contribution >= 0.6 is 0 Å². The van der Waals surface area contributed by atoms with E-state index in [0.29, 0.717) is 11.7 Å². The van der Waals surface area contributed by atoms with Gasteiger partial charge in [-0.2, -0.15) is 0 Å². The molecule has 100 valence electrons. The number of hydrogen-bond acceptors (Lipinski definition) is 2. The molecule has 0 saturated heterocycles. The van der Waals surface area contributed by atoms with Crippen LogP contribution < -0.4 is 5.73 Å². The maximum atomic E-state index is 6.00. The van der Waals surface area contributed by atoms with Gasteiger partial charge in [-0.1, -0.05) is 17.7 Å².